The molecule has 0 unspecified atom stereocenters. The Balaban J connectivity index is 0.000000150. The SMILES string of the molecule is C1CC2CCC1C2.C1CC2CCC1C2.F[B-](F)(F)F.[Rh]. The molecule has 121 valence electrons. The van der Waals surface area contributed by atoms with Gasteiger partial charge in [-0.05, 0) is 36.5 Å². The Morgan fingerprint density at radius 1 is 0.500 bits per heavy atom. The maximum Gasteiger partial charge on any atom is 0.673 e. The summed E-state index contributed by atoms with van der Waals surface area (Å²) in [6.45, 7) is 0. The van der Waals surface area contributed by atoms with Crippen LogP contribution in [0.15, 0.2) is 0 Å². The van der Waals surface area contributed by atoms with Crippen molar-refractivity contribution < 1.29 is 36.7 Å². The zero-order chi connectivity index (χ0) is 13.9. The molecule has 0 aromatic rings. The molecule has 0 nitrogen and oxygen atoms in total. The van der Waals surface area contributed by atoms with E-state index in [2.05, 4.69) is 0 Å². The molecule has 4 saturated carbocycles. The molecule has 0 N–H and O–H groups in total. The number of fused-ring (bicyclic) bond motifs is 4. The van der Waals surface area contributed by atoms with Gasteiger partial charge in [0.05, 0.1) is 0 Å². The fourth-order valence-corrected chi connectivity index (χ4v) is 4.35. The quantitative estimate of drug-likeness (QED) is 0.373. The maximum atomic E-state index is 9.75. The summed E-state index contributed by atoms with van der Waals surface area (Å²) in [6, 6.07) is 0. The number of rotatable bonds is 0. The van der Waals surface area contributed by atoms with Gasteiger partial charge in [-0.2, -0.15) is 0 Å². The van der Waals surface area contributed by atoms with Gasteiger partial charge in [0.25, 0.3) is 0 Å². The molecule has 0 saturated heterocycles. The Kier molecular flexibility index (Phi) is 7.52. The largest absolute Gasteiger partial charge is 0.673 e. The number of hydrogen-bond donors (Lipinski definition) is 0. The van der Waals surface area contributed by atoms with E-state index < -0.39 is 7.25 Å². The fraction of sp³-hybridized carbons (Fsp3) is 1.00. The summed E-state index contributed by atoms with van der Waals surface area (Å²) in [6.07, 6.45) is 15.6. The molecule has 6 heteroatoms. The number of hydrogen-bond acceptors (Lipinski definition) is 0. The van der Waals surface area contributed by atoms with Crippen LogP contribution in [0.1, 0.15) is 64.2 Å². The van der Waals surface area contributed by atoms with Crippen molar-refractivity contribution in [3.63, 3.8) is 0 Å². The molecular weight excluding hydrogens is 358 g/mol. The third-order valence-electron chi connectivity index (χ3n) is 5.27. The Hall–Kier alpha value is 0.408. The molecule has 0 amide bonds. The first-order valence-corrected chi connectivity index (χ1v) is 7.77. The molecule has 0 heterocycles. The Labute approximate surface area is 132 Å². The third-order valence-corrected chi connectivity index (χ3v) is 5.27. The van der Waals surface area contributed by atoms with Gasteiger partial charge < -0.3 is 17.3 Å². The molecule has 4 aliphatic carbocycles. The molecule has 4 bridgehead atoms. The summed E-state index contributed by atoms with van der Waals surface area (Å²) in [4.78, 5) is 0. The van der Waals surface area contributed by atoms with Crippen molar-refractivity contribution >= 4 is 7.25 Å². The molecule has 20 heavy (non-hydrogen) atoms. The second-order valence-electron chi connectivity index (χ2n) is 6.74. The van der Waals surface area contributed by atoms with E-state index in [1.807, 2.05) is 0 Å². The summed E-state index contributed by atoms with van der Waals surface area (Å²) >= 11 is 0. The summed E-state index contributed by atoms with van der Waals surface area (Å²) in [5, 5.41) is 0. The van der Waals surface area contributed by atoms with Crippen molar-refractivity contribution in [2.45, 2.75) is 64.2 Å². The van der Waals surface area contributed by atoms with Crippen molar-refractivity contribution in [3.05, 3.63) is 0 Å². The molecule has 0 aromatic heterocycles. The summed E-state index contributed by atoms with van der Waals surface area (Å²) in [7, 11) is -6.00. The average Bonchev–Trinajstić information content (AvgIpc) is 3.10. The minimum Gasteiger partial charge on any atom is -0.418 e. The molecule has 4 aliphatic rings. The van der Waals surface area contributed by atoms with Crippen LogP contribution >= 0.6 is 0 Å². The van der Waals surface area contributed by atoms with Crippen LogP contribution in [0, 0.1) is 23.7 Å². The van der Waals surface area contributed by atoms with E-state index in [4.69, 9.17) is 0 Å². The predicted molar refractivity (Wildman–Crippen MR) is 70.3 cm³/mol. The first-order valence-electron chi connectivity index (χ1n) is 7.77. The fourth-order valence-electron chi connectivity index (χ4n) is 4.35. The van der Waals surface area contributed by atoms with E-state index in [1.54, 1.807) is 64.2 Å². The minimum absolute atomic E-state index is 0. The summed E-state index contributed by atoms with van der Waals surface area (Å²) in [5.41, 5.74) is 0. The zero-order valence-electron chi connectivity index (χ0n) is 11.8. The standard InChI is InChI=1S/2C7H12.BF4.Rh/c2*1-2-7-4-3-6(1)5-7;2-1(3,4)5;/h2*6-7H,1-5H2;;/q;;-1;. The maximum absolute atomic E-state index is 9.75. The van der Waals surface area contributed by atoms with Crippen molar-refractivity contribution in [1.82, 2.24) is 0 Å². The van der Waals surface area contributed by atoms with Gasteiger partial charge in [0.15, 0.2) is 0 Å². The summed E-state index contributed by atoms with van der Waals surface area (Å²) in [5.74, 6) is 4.69. The van der Waals surface area contributed by atoms with E-state index in [-0.39, 0.29) is 19.5 Å². The molecule has 4 fully saturated rings. The van der Waals surface area contributed by atoms with Crippen LogP contribution in [-0.4, -0.2) is 7.25 Å². The monoisotopic (exact) mass is 382 g/mol. The second kappa shape index (κ2) is 8.15. The van der Waals surface area contributed by atoms with Gasteiger partial charge in [0, 0.05) is 19.5 Å². The molecule has 0 aromatic carbocycles. The molecule has 0 spiro atoms. The molecule has 0 aliphatic heterocycles. The van der Waals surface area contributed by atoms with Gasteiger partial charge in [-0.15, -0.1) is 0 Å². The average molecular weight is 382 g/mol. The topological polar surface area (TPSA) is 0 Å². The predicted octanol–water partition coefficient (Wildman–Crippen LogP) is 5.69. The smallest absolute Gasteiger partial charge is 0.418 e. The first kappa shape index (κ1) is 18.5. The van der Waals surface area contributed by atoms with Crippen LogP contribution in [0.3, 0.4) is 0 Å². The van der Waals surface area contributed by atoms with E-state index in [0.717, 1.165) is 0 Å². The van der Waals surface area contributed by atoms with Crippen molar-refractivity contribution in [2.24, 2.45) is 23.7 Å². The van der Waals surface area contributed by atoms with Gasteiger partial charge >= 0.3 is 7.25 Å². The van der Waals surface area contributed by atoms with Crippen LogP contribution < -0.4 is 0 Å². The number of halogens is 4. The van der Waals surface area contributed by atoms with E-state index in [9.17, 15) is 17.3 Å². The normalized spacial score (nSPS) is 36.6. The van der Waals surface area contributed by atoms with Crippen LogP contribution in [-0.2, 0) is 19.5 Å². The first-order chi connectivity index (χ1) is 8.90. The zero-order valence-corrected chi connectivity index (χ0v) is 13.4. The van der Waals surface area contributed by atoms with Gasteiger partial charge in [-0.1, -0.05) is 51.4 Å². The summed E-state index contributed by atoms with van der Waals surface area (Å²) < 4.78 is 39.0. The van der Waals surface area contributed by atoms with Crippen molar-refractivity contribution in [2.75, 3.05) is 0 Å². The van der Waals surface area contributed by atoms with Crippen molar-refractivity contribution in [1.29, 1.82) is 0 Å². The van der Waals surface area contributed by atoms with E-state index in [1.165, 1.54) is 23.7 Å². The van der Waals surface area contributed by atoms with Crippen LogP contribution in [0.4, 0.5) is 17.3 Å². The van der Waals surface area contributed by atoms with Crippen LogP contribution in [0.25, 0.3) is 0 Å². The molecule has 0 atom stereocenters. The molecule has 4 rings (SSSR count). The molecular formula is C14H24BF4Rh-. The van der Waals surface area contributed by atoms with Gasteiger partial charge in [0.1, 0.15) is 0 Å². The van der Waals surface area contributed by atoms with E-state index in [0.29, 0.717) is 0 Å². The van der Waals surface area contributed by atoms with Crippen LogP contribution in [0.5, 0.6) is 0 Å². The third kappa shape index (κ3) is 6.91. The van der Waals surface area contributed by atoms with Gasteiger partial charge in [-0.25, -0.2) is 0 Å². The minimum atomic E-state index is -6.00. The Morgan fingerprint density at radius 3 is 0.700 bits per heavy atom. The van der Waals surface area contributed by atoms with Gasteiger partial charge in [0.2, 0.25) is 0 Å². The van der Waals surface area contributed by atoms with E-state index >= 15 is 0 Å². The second-order valence-corrected chi connectivity index (χ2v) is 6.74. The van der Waals surface area contributed by atoms with Crippen molar-refractivity contribution in [3.8, 4) is 0 Å². The van der Waals surface area contributed by atoms with Crippen LogP contribution in [0.2, 0.25) is 0 Å². The Bertz CT molecular complexity index is 221. The Morgan fingerprint density at radius 2 is 0.650 bits per heavy atom. The van der Waals surface area contributed by atoms with Gasteiger partial charge in [-0.3, -0.25) is 0 Å². The molecule has 1 radical (unpaired) electrons.